The molecule has 2 N–H and O–H groups in total. The highest BCUT2D eigenvalue weighted by molar-refractivity contribution is 6.34. The van der Waals surface area contributed by atoms with Gasteiger partial charge in [-0.1, -0.05) is 23.2 Å². The van der Waals surface area contributed by atoms with E-state index in [1.165, 1.54) is 0 Å². The summed E-state index contributed by atoms with van der Waals surface area (Å²) in [4.78, 5) is 8.01. The summed E-state index contributed by atoms with van der Waals surface area (Å²) in [6.07, 6.45) is 3.21. The van der Waals surface area contributed by atoms with E-state index in [4.69, 9.17) is 33.7 Å². The van der Waals surface area contributed by atoms with Crippen molar-refractivity contribution in [3.05, 3.63) is 46.2 Å². The maximum Gasteiger partial charge on any atom is 0.321 e. The average Bonchev–Trinajstić information content (AvgIpc) is 2.28. The molecule has 1 aromatic carbocycles. The summed E-state index contributed by atoms with van der Waals surface area (Å²) in [6.45, 7) is 0.392. The van der Waals surface area contributed by atoms with Gasteiger partial charge < -0.3 is 10.5 Å². The molecule has 0 aliphatic carbocycles. The van der Waals surface area contributed by atoms with Crippen molar-refractivity contribution in [1.29, 1.82) is 0 Å². The summed E-state index contributed by atoms with van der Waals surface area (Å²) < 4.78 is 5.41. The Morgan fingerprint density at radius 3 is 2.18 bits per heavy atom. The molecule has 0 radical (unpaired) electrons. The number of nitrogens with two attached hydrogens (primary N) is 1. The summed E-state index contributed by atoms with van der Waals surface area (Å²) in [7, 11) is 0. The second-order valence-electron chi connectivity index (χ2n) is 3.29. The quantitative estimate of drug-likeness (QED) is 0.931. The molecule has 0 bridgehead atoms. The Kier molecular flexibility index (Phi) is 3.78. The SMILES string of the molecule is NCc1cnc(Oc2cc(Cl)cc(Cl)c2)nc1. The molecule has 0 amide bonds. The normalized spacial score (nSPS) is 10.3. The molecule has 1 aromatic heterocycles. The molecular formula is C11H9Cl2N3O. The molecule has 0 aliphatic heterocycles. The monoisotopic (exact) mass is 269 g/mol. The molecule has 4 nitrogen and oxygen atoms in total. The first-order valence-electron chi connectivity index (χ1n) is 4.82. The first-order chi connectivity index (χ1) is 8.17. The van der Waals surface area contributed by atoms with Crippen LogP contribution in [0.1, 0.15) is 5.56 Å². The van der Waals surface area contributed by atoms with Gasteiger partial charge in [-0.2, -0.15) is 0 Å². The number of benzene rings is 1. The third-order valence-electron chi connectivity index (χ3n) is 1.96. The van der Waals surface area contributed by atoms with E-state index in [0.29, 0.717) is 22.3 Å². The van der Waals surface area contributed by atoms with Crippen molar-refractivity contribution in [2.24, 2.45) is 5.73 Å². The first kappa shape index (κ1) is 12.1. The molecule has 0 unspecified atom stereocenters. The van der Waals surface area contributed by atoms with E-state index in [1.807, 2.05) is 0 Å². The molecule has 88 valence electrons. The van der Waals surface area contributed by atoms with Crippen LogP contribution in [0, 0.1) is 0 Å². The Bertz CT molecular complexity index is 496. The Hall–Kier alpha value is -1.36. The van der Waals surface area contributed by atoms with Gasteiger partial charge in [0.2, 0.25) is 0 Å². The van der Waals surface area contributed by atoms with Crippen molar-refractivity contribution in [3.8, 4) is 11.8 Å². The number of hydrogen-bond donors (Lipinski definition) is 1. The van der Waals surface area contributed by atoms with E-state index >= 15 is 0 Å². The predicted molar refractivity (Wildman–Crippen MR) is 66.5 cm³/mol. The second kappa shape index (κ2) is 5.31. The van der Waals surface area contributed by atoms with Crippen LogP contribution >= 0.6 is 23.2 Å². The number of ether oxygens (including phenoxy) is 1. The largest absolute Gasteiger partial charge is 0.424 e. The van der Waals surface area contributed by atoms with E-state index in [9.17, 15) is 0 Å². The second-order valence-corrected chi connectivity index (χ2v) is 4.16. The zero-order chi connectivity index (χ0) is 12.3. The molecule has 0 saturated heterocycles. The first-order valence-corrected chi connectivity index (χ1v) is 5.58. The summed E-state index contributed by atoms with van der Waals surface area (Å²) in [5.41, 5.74) is 6.27. The van der Waals surface area contributed by atoms with E-state index in [-0.39, 0.29) is 6.01 Å². The Labute approximate surface area is 108 Å². The van der Waals surface area contributed by atoms with Crippen molar-refractivity contribution in [2.45, 2.75) is 6.54 Å². The van der Waals surface area contributed by atoms with Gasteiger partial charge in [-0.15, -0.1) is 0 Å². The minimum absolute atomic E-state index is 0.223. The van der Waals surface area contributed by atoms with Gasteiger partial charge in [0.1, 0.15) is 5.75 Å². The molecule has 17 heavy (non-hydrogen) atoms. The van der Waals surface area contributed by atoms with E-state index in [1.54, 1.807) is 30.6 Å². The van der Waals surface area contributed by atoms with Crippen molar-refractivity contribution in [2.75, 3.05) is 0 Å². The number of halogens is 2. The molecule has 0 atom stereocenters. The molecule has 0 fully saturated rings. The van der Waals surface area contributed by atoms with Crippen LogP contribution in [0.3, 0.4) is 0 Å². The van der Waals surface area contributed by atoms with E-state index in [0.717, 1.165) is 5.56 Å². The third-order valence-corrected chi connectivity index (χ3v) is 2.40. The van der Waals surface area contributed by atoms with Crippen molar-refractivity contribution in [3.63, 3.8) is 0 Å². The topological polar surface area (TPSA) is 61.0 Å². The lowest BCUT2D eigenvalue weighted by Gasteiger charge is -2.05. The lowest BCUT2D eigenvalue weighted by atomic mass is 10.3. The molecule has 0 spiro atoms. The Morgan fingerprint density at radius 2 is 1.65 bits per heavy atom. The van der Waals surface area contributed by atoms with Crippen molar-refractivity contribution in [1.82, 2.24) is 9.97 Å². The fourth-order valence-corrected chi connectivity index (χ4v) is 1.70. The van der Waals surface area contributed by atoms with Crippen LogP contribution in [0.15, 0.2) is 30.6 Å². The predicted octanol–water partition coefficient (Wildman–Crippen LogP) is 3.03. The van der Waals surface area contributed by atoms with Gasteiger partial charge in [0.05, 0.1) is 0 Å². The highest BCUT2D eigenvalue weighted by atomic mass is 35.5. The summed E-state index contributed by atoms with van der Waals surface area (Å²) >= 11 is 11.7. The number of hydrogen-bond acceptors (Lipinski definition) is 4. The summed E-state index contributed by atoms with van der Waals surface area (Å²) in [5.74, 6) is 0.489. The van der Waals surface area contributed by atoms with Crippen LogP contribution < -0.4 is 10.5 Å². The van der Waals surface area contributed by atoms with Gasteiger partial charge in [-0.05, 0) is 18.2 Å². The highest BCUT2D eigenvalue weighted by Gasteiger charge is 2.03. The van der Waals surface area contributed by atoms with Gasteiger partial charge in [-0.3, -0.25) is 0 Å². The van der Waals surface area contributed by atoms with Crippen molar-refractivity contribution >= 4 is 23.2 Å². The highest BCUT2D eigenvalue weighted by Crippen LogP contribution is 2.26. The van der Waals surface area contributed by atoms with Crippen LogP contribution in [0.25, 0.3) is 0 Å². The average molecular weight is 270 g/mol. The maximum absolute atomic E-state index is 5.84. The van der Waals surface area contributed by atoms with Crippen LogP contribution in [-0.2, 0) is 6.54 Å². The van der Waals surface area contributed by atoms with Gasteiger partial charge in [0, 0.05) is 34.5 Å². The van der Waals surface area contributed by atoms with E-state index < -0.39 is 0 Å². The third kappa shape index (κ3) is 3.30. The van der Waals surface area contributed by atoms with Gasteiger partial charge in [0.25, 0.3) is 0 Å². The Balaban J connectivity index is 2.19. The minimum Gasteiger partial charge on any atom is -0.424 e. The van der Waals surface area contributed by atoms with Crippen LogP contribution in [0.5, 0.6) is 11.8 Å². The fourth-order valence-electron chi connectivity index (χ4n) is 1.19. The van der Waals surface area contributed by atoms with Crippen LogP contribution in [0.4, 0.5) is 0 Å². The molecule has 1 heterocycles. The maximum atomic E-state index is 5.84. The zero-order valence-corrected chi connectivity index (χ0v) is 10.2. The molecule has 0 saturated carbocycles. The molecular weight excluding hydrogens is 261 g/mol. The zero-order valence-electron chi connectivity index (χ0n) is 8.73. The lowest BCUT2D eigenvalue weighted by molar-refractivity contribution is 0.441. The van der Waals surface area contributed by atoms with Crippen LogP contribution in [0.2, 0.25) is 10.0 Å². The Morgan fingerprint density at radius 1 is 1.06 bits per heavy atom. The smallest absolute Gasteiger partial charge is 0.321 e. The number of nitrogens with zero attached hydrogens (tertiary/aromatic N) is 2. The van der Waals surface area contributed by atoms with Crippen LogP contribution in [-0.4, -0.2) is 9.97 Å². The van der Waals surface area contributed by atoms with Gasteiger partial charge in [-0.25, -0.2) is 9.97 Å². The van der Waals surface area contributed by atoms with E-state index in [2.05, 4.69) is 9.97 Å². The standard InChI is InChI=1S/C11H9Cl2N3O/c12-8-1-9(13)3-10(2-8)17-11-15-5-7(4-14)6-16-11/h1-3,5-6H,4,14H2. The summed E-state index contributed by atoms with van der Waals surface area (Å²) in [5, 5.41) is 0.983. The number of rotatable bonds is 3. The molecule has 6 heteroatoms. The lowest BCUT2D eigenvalue weighted by Crippen LogP contribution is -1.99. The summed E-state index contributed by atoms with van der Waals surface area (Å²) in [6, 6.07) is 5.11. The number of aromatic nitrogens is 2. The van der Waals surface area contributed by atoms with Crippen molar-refractivity contribution < 1.29 is 4.74 Å². The minimum atomic E-state index is 0.223. The van der Waals surface area contributed by atoms with Gasteiger partial charge >= 0.3 is 6.01 Å². The fraction of sp³-hybridized carbons (Fsp3) is 0.0909. The molecule has 2 rings (SSSR count). The van der Waals surface area contributed by atoms with Gasteiger partial charge in [0.15, 0.2) is 0 Å². The molecule has 2 aromatic rings. The molecule has 0 aliphatic rings.